The summed E-state index contributed by atoms with van der Waals surface area (Å²) >= 11 is 0. The Balaban J connectivity index is 2.00. The van der Waals surface area contributed by atoms with Crippen LogP contribution in [0.3, 0.4) is 0 Å². The lowest BCUT2D eigenvalue weighted by molar-refractivity contribution is 0.109. The molecule has 16 heavy (non-hydrogen) atoms. The molecule has 1 aromatic heterocycles. The third-order valence-electron chi connectivity index (χ3n) is 2.77. The van der Waals surface area contributed by atoms with Crippen LogP contribution in [0.5, 0.6) is 5.88 Å². The van der Waals surface area contributed by atoms with Crippen LogP contribution in [0, 0.1) is 17.2 Å². The summed E-state index contributed by atoms with van der Waals surface area (Å²) in [7, 11) is 0. The van der Waals surface area contributed by atoms with Crippen molar-refractivity contribution >= 4 is 0 Å². The minimum atomic E-state index is 0.135. The second-order valence-corrected chi connectivity index (χ2v) is 3.98. The van der Waals surface area contributed by atoms with Gasteiger partial charge in [0, 0.05) is 6.54 Å². The lowest BCUT2D eigenvalue weighted by Crippen LogP contribution is -2.43. The minimum absolute atomic E-state index is 0.135. The number of nitrogens with one attached hydrogen (secondary N) is 1. The first-order valence-electron chi connectivity index (χ1n) is 5.39. The van der Waals surface area contributed by atoms with Gasteiger partial charge in [0.1, 0.15) is 12.2 Å². The van der Waals surface area contributed by atoms with Crippen molar-refractivity contribution in [3.63, 3.8) is 0 Å². The number of nitriles is 1. The summed E-state index contributed by atoms with van der Waals surface area (Å²) in [6.07, 6.45) is 4.17. The highest BCUT2D eigenvalue weighted by Crippen LogP contribution is 2.17. The first-order chi connectivity index (χ1) is 7.79. The third-order valence-corrected chi connectivity index (χ3v) is 2.77. The molecule has 1 saturated heterocycles. The van der Waals surface area contributed by atoms with Crippen LogP contribution in [0.4, 0.5) is 0 Å². The van der Waals surface area contributed by atoms with Gasteiger partial charge in [-0.25, -0.2) is 9.97 Å². The van der Waals surface area contributed by atoms with E-state index in [9.17, 15) is 0 Å². The topological polar surface area (TPSA) is 70.8 Å². The molecule has 0 saturated carbocycles. The molecule has 0 amide bonds. The third kappa shape index (κ3) is 2.47. The summed E-state index contributed by atoms with van der Waals surface area (Å²) in [5.74, 6) is 0.998. The fraction of sp³-hybridized carbons (Fsp3) is 0.545. The average molecular weight is 218 g/mol. The lowest BCUT2D eigenvalue weighted by atomic mass is 9.97. The zero-order valence-corrected chi connectivity index (χ0v) is 9.18. The Hall–Kier alpha value is -1.67. The number of hydrogen-bond donors (Lipinski definition) is 1. The van der Waals surface area contributed by atoms with Gasteiger partial charge < -0.3 is 10.1 Å². The van der Waals surface area contributed by atoms with Crippen LogP contribution in [-0.4, -0.2) is 29.2 Å². The van der Waals surface area contributed by atoms with Crippen molar-refractivity contribution in [3.8, 4) is 11.9 Å². The summed E-state index contributed by atoms with van der Waals surface area (Å²) in [6.45, 7) is 4.05. The van der Waals surface area contributed by atoms with Gasteiger partial charge in [0.25, 0.3) is 0 Å². The smallest absolute Gasteiger partial charge is 0.232 e. The van der Waals surface area contributed by atoms with Crippen molar-refractivity contribution in [2.24, 2.45) is 5.92 Å². The number of hydrogen-bond acceptors (Lipinski definition) is 5. The van der Waals surface area contributed by atoms with E-state index in [0.29, 0.717) is 17.5 Å². The summed E-state index contributed by atoms with van der Waals surface area (Å²) in [4.78, 5) is 7.96. The van der Waals surface area contributed by atoms with E-state index in [1.807, 2.05) is 6.07 Å². The van der Waals surface area contributed by atoms with Crippen LogP contribution in [-0.2, 0) is 0 Å². The highest BCUT2D eigenvalue weighted by Gasteiger charge is 2.22. The molecule has 1 fully saturated rings. The number of piperidine rings is 1. The summed E-state index contributed by atoms with van der Waals surface area (Å²) in [6, 6.07) is 1.93. The quantitative estimate of drug-likeness (QED) is 0.792. The Morgan fingerprint density at radius 1 is 1.50 bits per heavy atom. The van der Waals surface area contributed by atoms with Crippen molar-refractivity contribution in [1.29, 1.82) is 5.26 Å². The van der Waals surface area contributed by atoms with Crippen LogP contribution >= 0.6 is 0 Å². The Bertz CT molecular complexity index is 384. The van der Waals surface area contributed by atoms with Gasteiger partial charge in [0.05, 0.1) is 12.4 Å². The van der Waals surface area contributed by atoms with Crippen LogP contribution in [0.1, 0.15) is 19.0 Å². The number of aromatic nitrogens is 2. The Kier molecular flexibility index (Phi) is 3.32. The van der Waals surface area contributed by atoms with Crippen molar-refractivity contribution in [1.82, 2.24) is 15.3 Å². The second-order valence-electron chi connectivity index (χ2n) is 3.98. The minimum Gasteiger partial charge on any atom is -0.472 e. The highest BCUT2D eigenvalue weighted by molar-refractivity contribution is 5.18. The van der Waals surface area contributed by atoms with Gasteiger partial charge in [-0.15, -0.1) is 0 Å². The molecule has 5 heteroatoms. The van der Waals surface area contributed by atoms with E-state index in [4.69, 9.17) is 10.00 Å². The molecule has 1 aromatic rings. The Labute approximate surface area is 94.5 Å². The van der Waals surface area contributed by atoms with Gasteiger partial charge in [0.2, 0.25) is 5.88 Å². The Morgan fingerprint density at radius 2 is 2.38 bits per heavy atom. The largest absolute Gasteiger partial charge is 0.472 e. The van der Waals surface area contributed by atoms with Crippen molar-refractivity contribution in [2.75, 3.05) is 13.1 Å². The van der Waals surface area contributed by atoms with E-state index in [1.165, 1.54) is 12.4 Å². The maximum atomic E-state index is 8.59. The van der Waals surface area contributed by atoms with Crippen LogP contribution < -0.4 is 10.1 Å². The maximum absolute atomic E-state index is 8.59. The molecular formula is C11H14N4O. The van der Waals surface area contributed by atoms with Crippen LogP contribution in [0.2, 0.25) is 0 Å². The van der Waals surface area contributed by atoms with Crippen LogP contribution in [0.25, 0.3) is 0 Å². The molecule has 1 aliphatic rings. The zero-order valence-electron chi connectivity index (χ0n) is 9.18. The fourth-order valence-electron chi connectivity index (χ4n) is 1.71. The molecule has 1 aliphatic heterocycles. The second kappa shape index (κ2) is 4.90. The SMILES string of the molecule is CC1CCNCC1Oc1cnc(C#N)cn1. The molecule has 2 unspecified atom stereocenters. The molecule has 0 bridgehead atoms. The summed E-state index contributed by atoms with van der Waals surface area (Å²) < 4.78 is 5.72. The van der Waals surface area contributed by atoms with E-state index in [-0.39, 0.29) is 6.10 Å². The lowest BCUT2D eigenvalue weighted by Gasteiger charge is -2.29. The molecule has 2 rings (SSSR count). The van der Waals surface area contributed by atoms with E-state index >= 15 is 0 Å². The van der Waals surface area contributed by atoms with Crippen molar-refractivity contribution < 1.29 is 4.74 Å². The molecule has 84 valence electrons. The standard InChI is InChI=1S/C11H14N4O/c1-8-2-3-13-6-10(8)16-11-7-14-9(4-12)5-15-11/h5,7-8,10,13H,2-3,6H2,1H3. The van der Waals surface area contributed by atoms with E-state index in [1.54, 1.807) is 0 Å². The monoisotopic (exact) mass is 218 g/mol. The van der Waals surface area contributed by atoms with Gasteiger partial charge >= 0.3 is 0 Å². The highest BCUT2D eigenvalue weighted by atomic mass is 16.5. The van der Waals surface area contributed by atoms with Crippen molar-refractivity contribution in [2.45, 2.75) is 19.4 Å². The maximum Gasteiger partial charge on any atom is 0.232 e. The van der Waals surface area contributed by atoms with Crippen LogP contribution in [0.15, 0.2) is 12.4 Å². The molecule has 0 aliphatic carbocycles. The molecule has 2 atom stereocenters. The van der Waals surface area contributed by atoms with E-state index in [2.05, 4.69) is 22.2 Å². The number of rotatable bonds is 2. The van der Waals surface area contributed by atoms with Gasteiger partial charge in [-0.1, -0.05) is 6.92 Å². The van der Waals surface area contributed by atoms with Gasteiger partial charge in [0.15, 0.2) is 5.69 Å². The molecule has 0 radical (unpaired) electrons. The fourth-order valence-corrected chi connectivity index (χ4v) is 1.71. The number of ether oxygens (including phenoxy) is 1. The summed E-state index contributed by atoms with van der Waals surface area (Å²) in [5, 5.41) is 11.9. The summed E-state index contributed by atoms with van der Waals surface area (Å²) in [5.41, 5.74) is 0.308. The average Bonchev–Trinajstić information content (AvgIpc) is 2.33. The van der Waals surface area contributed by atoms with Gasteiger partial charge in [-0.3, -0.25) is 0 Å². The van der Waals surface area contributed by atoms with E-state index in [0.717, 1.165) is 19.5 Å². The van der Waals surface area contributed by atoms with Crippen molar-refractivity contribution in [3.05, 3.63) is 18.1 Å². The number of nitrogens with zero attached hydrogens (tertiary/aromatic N) is 3. The first kappa shape index (κ1) is 10.8. The normalized spacial score (nSPS) is 24.8. The van der Waals surface area contributed by atoms with E-state index < -0.39 is 0 Å². The molecular weight excluding hydrogens is 204 g/mol. The zero-order chi connectivity index (χ0) is 11.4. The molecule has 0 aromatic carbocycles. The van der Waals surface area contributed by atoms with Gasteiger partial charge in [-0.05, 0) is 18.9 Å². The Morgan fingerprint density at radius 3 is 3.00 bits per heavy atom. The molecule has 1 N–H and O–H groups in total. The van der Waals surface area contributed by atoms with Gasteiger partial charge in [-0.2, -0.15) is 5.26 Å². The molecule has 0 spiro atoms. The first-order valence-corrected chi connectivity index (χ1v) is 5.39. The molecule has 2 heterocycles. The predicted molar refractivity (Wildman–Crippen MR) is 57.8 cm³/mol. The predicted octanol–water partition coefficient (Wildman–Crippen LogP) is 0.725. The molecule has 5 nitrogen and oxygen atoms in total.